The van der Waals surface area contributed by atoms with Crippen LogP contribution in [0.3, 0.4) is 0 Å². The molecule has 0 saturated heterocycles. The lowest BCUT2D eigenvalue weighted by atomic mass is 10.1. The predicted octanol–water partition coefficient (Wildman–Crippen LogP) is -1.72. The average Bonchev–Trinajstić information content (AvgIpc) is 2.76. The monoisotopic (exact) mass is 306 g/mol. The SMILES string of the molecule is NCCC(=O)N[C@@H](Cc1cn(P(=O)(O)O)cn1)C(=O)O. The van der Waals surface area contributed by atoms with E-state index in [2.05, 4.69) is 10.3 Å². The highest BCUT2D eigenvalue weighted by molar-refractivity contribution is 7.50. The molecule has 6 N–H and O–H groups in total. The summed E-state index contributed by atoms with van der Waals surface area (Å²) in [6.45, 7) is 0.0883. The average molecular weight is 306 g/mol. The molecule has 1 atom stereocenters. The Hall–Kier alpha value is -1.74. The molecule has 0 spiro atoms. The zero-order chi connectivity index (χ0) is 15.3. The number of carbonyl (C=O) groups excluding carboxylic acids is 1. The maximum absolute atomic E-state index is 11.3. The summed E-state index contributed by atoms with van der Waals surface area (Å²) in [5.41, 5.74) is 5.31. The van der Waals surface area contributed by atoms with Crippen molar-refractivity contribution in [1.82, 2.24) is 14.6 Å². The number of amides is 1. The predicted molar refractivity (Wildman–Crippen MR) is 66.6 cm³/mol. The zero-order valence-corrected chi connectivity index (χ0v) is 11.2. The third-order valence-electron chi connectivity index (χ3n) is 2.34. The smallest absolute Gasteiger partial charge is 0.434 e. The van der Waals surface area contributed by atoms with Gasteiger partial charge in [-0.1, -0.05) is 0 Å². The van der Waals surface area contributed by atoms with E-state index in [0.717, 1.165) is 12.5 Å². The van der Waals surface area contributed by atoms with Gasteiger partial charge in [0.15, 0.2) is 0 Å². The number of rotatable bonds is 7. The lowest BCUT2D eigenvalue weighted by Gasteiger charge is -2.12. The molecule has 0 aromatic carbocycles. The van der Waals surface area contributed by atoms with E-state index in [9.17, 15) is 14.2 Å². The van der Waals surface area contributed by atoms with Crippen LogP contribution < -0.4 is 11.1 Å². The number of nitrogens with one attached hydrogen (secondary N) is 1. The van der Waals surface area contributed by atoms with Gasteiger partial charge in [-0.05, 0) is 0 Å². The molecular weight excluding hydrogens is 291 g/mol. The van der Waals surface area contributed by atoms with Crippen LogP contribution in [0.4, 0.5) is 0 Å². The van der Waals surface area contributed by atoms with Gasteiger partial charge in [0.25, 0.3) is 0 Å². The van der Waals surface area contributed by atoms with E-state index in [1.54, 1.807) is 0 Å². The number of hydrogen-bond acceptors (Lipinski definition) is 5. The van der Waals surface area contributed by atoms with Crippen LogP contribution in [0.15, 0.2) is 12.5 Å². The number of imidazole rings is 1. The molecule has 11 heteroatoms. The van der Waals surface area contributed by atoms with Crippen molar-refractivity contribution < 1.29 is 29.0 Å². The fourth-order valence-corrected chi connectivity index (χ4v) is 1.88. The van der Waals surface area contributed by atoms with Crippen LogP contribution in [-0.4, -0.2) is 48.7 Å². The van der Waals surface area contributed by atoms with E-state index >= 15 is 0 Å². The van der Waals surface area contributed by atoms with Gasteiger partial charge in [0.1, 0.15) is 12.4 Å². The van der Waals surface area contributed by atoms with Gasteiger partial charge in [0.05, 0.1) is 5.69 Å². The molecule has 0 aliphatic rings. The normalized spacial score (nSPS) is 12.9. The Bertz CT molecular complexity index is 538. The van der Waals surface area contributed by atoms with Gasteiger partial charge >= 0.3 is 13.7 Å². The van der Waals surface area contributed by atoms with Crippen molar-refractivity contribution in [2.75, 3.05) is 6.54 Å². The first-order chi connectivity index (χ1) is 9.24. The number of aromatic nitrogens is 2. The van der Waals surface area contributed by atoms with Gasteiger partial charge in [-0.2, -0.15) is 0 Å². The first-order valence-electron chi connectivity index (χ1n) is 5.55. The highest BCUT2D eigenvalue weighted by Crippen LogP contribution is 2.36. The summed E-state index contributed by atoms with van der Waals surface area (Å²) in [5.74, 6) is -1.80. The van der Waals surface area contributed by atoms with Crippen molar-refractivity contribution in [2.24, 2.45) is 5.73 Å². The van der Waals surface area contributed by atoms with Crippen LogP contribution in [-0.2, 0) is 20.6 Å². The molecule has 1 amide bonds. The first-order valence-corrected chi connectivity index (χ1v) is 7.12. The molecule has 0 unspecified atom stereocenters. The molecule has 0 fully saturated rings. The largest absolute Gasteiger partial charge is 0.480 e. The summed E-state index contributed by atoms with van der Waals surface area (Å²) in [6, 6.07) is -1.24. The molecule has 0 radical (unpaired) electrons. The van der Waals surface area contributed by atoms with Crippen LogP contribution in [0.5, 0.6) is 0 Å². The number of hydrogen-bond donors (Lipinski definition) is 5. The van der Waals surface area contributed by atoms with E-state index in [0.29, 0.717) is 4.34 Å². The lowest BCUT2D eigenvalue weighted by Crippen LogP contribution is -2.42. The van der Waals surface area contributed by atoms with Crippen LogP contribution in [0.25, 0.3) is 0 Å². The number of carboxylic acid groups (broad SMARTS) is 1. The Kier molecular flexibility index (Phi) is 5.40. The van der Waals surface area contributed by atoms with Gasteiger partial charge in [-0.15, -0.1) is 0 Å². The molecule has 0 saturated carbocycles. The topological polar surface area (TPSA) is 168 Å². The van der Waals surface area contributed by atoms with Gasteiger partial charge in [0, 0.05) is 25.6 Å². The quantitative estimate of drug-likeness (QED) is 0.371. The van der Waals surface area contributed by atoms with Crippen molar-refractivity contribution in [3.05, 3.63) is 18.2 Å². The summed E-state index contributed by atoms with van der Waals surface area (Å²) < 4.78 is 11.5. The number of carbonyl (C=O) groups is 2. The second kappa shape index (κ2) is 6.62. The number of carboxylic acids is 1. The summed E-state index contributed by atoms with van der Waals surface area (Å²) in [5, 5.41) is 11.2. The molecule has 0 aliphatic heterocycles. The molecule has 1 heterocycles. The lowest BCUT2D eigenvalue weighted by molar-refractivity contribution is -0.141. The maximum Gasteiger partial charge on any atom is 0.434 e. The first kappa shape index (κ1) is 16.3. The molecule has 1 rings (SSSR count). The number of nitrogens with two attached hydrogens (primary N) is 1. The summed E-state index contributed by atoms with van der Waals surface area (Å²) >= 11 is 0. The Morgan fingerprint density at radius 1 is 1.50 bits per heavy atom. The molecule has 10 nitrogen and oxygen atoms in total. The third kappa shape index (κ3) is 4.74. The highest BCUT2D eigenvalue weighted by atomic mass is 31.2. The van der Waals surface area contributed by atoms with E-state index < -0.39 is 25.7 Å². The standard InChI is InChI=1S/C9H15N4O6P/c10-2-1-8(14)12-7(9(15)16)3-6-4-13(5-11-6)20(17,18)19/h4-5,7H,1-3,10H2,(H,12,14)(H,15,16)(H2,17,18,19)/t7-/m0/s1. The Balaban J connectivity index is 2.76. The van der Waals surface area contributed by atoms with Crippen molar-refractivity contribution >= 4 is 19.6 Å². The highest BCUT2D eigenvalue weighted by Gasteiger charge is 2.23. The number of nitrogens with zero attached hydrogens (tertiary/aromatic N) is 2. The van der Waals surface area contributed by atoms with Crippen LogP contribution in [0.2, 0.25) is 0 Å². The Morgan fingerprint density at radius 3 is 2.60 bits per heavy atom. The fourth-order valence-electron chi connectivity index (χ4n) is 1.41. The van der Waals surface area contributed by atoms with Crippen molar-refractivity contribution in [3.63, 3.8) is 0 Å². The van der Waals surface area contributed by atoms with E-state index in [-0.39, 0.29) is 25.1 Å². The second-order valence-electron chi connectivity index (χ2n) is 3.96. The van der Waals surface area contributed by atoms with E-state index in [1.807, 2.05) is 0 Å². The second-order valence-corrected chi connectivity index (χ2v) is 5.45. The zero-order valence-electron chi connectivity index (χ0n) is 10.3. The van der Waals surface area contributed by atoms with Gasteiger partial charge in [-0.25, -0.2) is 18.7 Å². The van der Waals surface area contributed by atoms with Crippen molar-refractivity contribution in [2.45, 2.75) is 18.9 Å². The van der Waals surface area contributed by atoms with Crippen LogP contribution in [0, 0.1) is 0 Å². The van der Waals surface area contributed by atoms with Gasteiger partial charge in [-0.3, -0.25) is 4.79 Å². The summed E-state index contributed by atoms with van der Waals surface area (Å²) in [4.78, 5) is 43.8. The molecule has 1 aromatic rings. The van der Waals surface area contributed by atoms with Gasteiger partial charge in [0.2, 0.25) is 5.91 Å². The Morgan fingerprint density at radius 2 is 2.15 bits per heavy atom. The van der Waals surface area contributed by atoms with E-state index in [1.165, 1.54) is 0 Å². The summed E-state index contributed by atoms with van der Waals surface area (Å²) in [7, 11) is -4.50. The molecule has 1 aromatic heterocycles. The summed E-state index contributed by atoms with van der Waals surface area (Å²) in [6.07, 6.45) is 1.72. The van der Waals surface area contributed by atoms with Crippen LogP contribution >= 0.6 is 7.75 Å². The van der Waals surface area contributed by atoms with Gasteiger partial charge < -0.3 is 25.9 Å². The fraction of sp³-hybridized carbons (Fsp3) is 0.444. The minimum absolute atomic E-state index is 0.0132. The third-order valence-corrected chi connectivity index (χ3v) is 3.16. The molecular formula is C9H15N4O6P. The maximum atomic E-state index is 11.3. The molecule has 0 aliphatic carbocycles. The van der Waals surface area contributed by atoms with Crippen molar-refractivity contribution in [1.29, 1.82) is 0 Å². The molecule has 112 valence electrons. The molecule has 0 bridgehead atoms. The Labute approximate surface area is 113 Å². The number of aliphatic carboxylic acids is 1. The minimum Gasteiger partial charge on any atom is -0.480 e. The van der Waals surface area contributed by atoms with Crippen molar-refractivity contribution in [3.8, 4) is 0 Å². The molecule has 20 heavy (non-hydrogen) atoms. The minimum atomic E-state index is -4.50. The van der Waals surface area contributed by atoms with E-state index in [4.69, 9.17) is 20.6 Å². The van der Waals surface area contributed by atoms with Crippen LogP contribution in [0.1, 0.15) is 12.1 Å².